The lowest BCUT2D eigenvalue weighted by Crippen LogP contribution is -2.48. The molecule has 1 aromatic rings. The van der Waals surface area contributed by atoms with Crippen LogP contribution in [0.3, 0.4) is 0 Å². The molecule has 4 heteroatoms. The van der Waals surface area contributed by atoms with Gasteiger partial charge in [-0.2, -0.15) is 0 Å². The van der Waals surface area contributed by atoms with E-state index in [1.165, 1.54) is 6.42 Å². The van der Waals surface area contributed by atoms with Crippen LogP contribution in [-0.2, 0) is 11.2 Å². The molecular weight excluding hydrogens is 284 g/mol. The van der Waals surface area contributed by atoms with Crippen LogP contribution in [0.4, 0.5) is 0 Å². The van der Waals surface area contributed by atoms with Crippen LogP contribution < -0.4 is 11.1 Å². The minimum absolute atomic E-state index is 0. The van der Waals surface area contributed by atoms with Crippen LogP contribution in [0.1, 0.15) is 38.7 Å². The third kappa shape index (κ3) is 5.68. The zero-order valence-electron chi connectivity index (χ0n) is 12.9. The van der Waals surface area contributed by atoms with Crippen molar-refractivity contribution in [1.29, 1.82) is 0 Å². The molecule has 3 nitrogen and oxygen atoms in total. The van der Waals surface area contributed by atoms with Crippen molar-refractivity contribution in [3.63, 3.8) is 0 Å². The highest BCUT2D eigenvalue weighted by Crippen LogP contribution is 2.28. The second kappa shape index (κ2) is 8.40. The molecule has 1 aromatic carbocycles. The van der Waals surface area contributed by atoms with Crippen LogP contribution in [0.25, 0.3) is 0 Å². The summed E-state index contributed by atoms with van der Waals surface area (Å²) in [5.41, 5.74) is 7.14. The Kier molecular flexibility index (Phi) is 7.20. The Balaban J connectivity index is 0.00000220. The smallest absolute Gasteiger partial charge is 0.237 e. The van der Waals surface area contributed by atoms with Gasteiger partial charge in [0.2, 0.25) is 5.91 Å². The van der Waals surface area contributed by atoms with Gasteiger partial charge in [-0.15, -0.1) is 12.4 Å². The van der Waals surface area contributed by atoms with Gasteiger partial charge in [0.05, 0.1) is 6.04 Å². The van der Waals surface area contributed by atoms with E-state index in [-0.39, 0.29) is 18.3 Å². The van der Waals surface area contributed by atoms with Crippen LogP contribution in [0, 0.1) is 11.8 Å². The number of rotatable bonds is 4. The predicted molar refractivity (Wildman–Crippen MR) is 89.5 cm³/mol. The number of carbonyl (C=O) groups excluding carboxylic acids is 1. The Bertz CT molecular complexity index is 428. The fourth-order valence-corrected chi connectivity index (χ4v) is 3.33. The van der Waals surface area contributed by atoms with E-state index in [9.17, 15) is 4.79 Å². The monoisotopic (exact) mass is 310 g/mol. The number of nitrogens with two attached hydrogens (primary N) is 1. The van der Waals surface area contributed by atoms with E-state index < -0.39 is 6.04 Å². The Hall–Kier alpha value is -1.06. The third-order valence-corrected chi connectivity index (χ3v) is 4.16. The zero-order chi connectivity index (χ0) is 14.5. The van der Waals surface area contributed by atoms with Crippen LogP contribution >= 0.6 is 12.4 Å². The molecule has 0 aliphatic heterocycles. The van der Waals surface area contributed by atoms with Gasteiger partial charge >= 0.3 is 0 Å². The number of carbonyl (C=O) groups is 1. The minimum atomic E-state index is -0.454. The molecule has 1 saturated carbocycles. The lowest BCUT2D eigenvalue weighted by molar-refractivity contribution is -0.123. The fraction of sp³-hybridized carbons (Fsp3) is 0.588. The third-order valence-electron chi connectivity index (χ3n) is 4.16. The molecule has 21 heavy (non-hydrogen) atoms. The fourth-order valence-electron chi connectivity index (χ4n) is 3.33. The Morgan fingerprint density at radius 3 is 2.33 bits per heavy atom. The highest BCUT2D eigenvalue weighted by molar-refractivity contribution is 5.85. The van der Waals surface area contributed by atoms with Crippen molar-refractivity contribution in [2.24, 2.45) is 17.6 Å². The average Bonchev–Trinajstić information content (AvgIpc) is 2.38. The maximum Gasteiger partial charge on any atom is 0.237 e. The second-order valence-corrected chi connectivity index (χ2v) is 6.42. The number of nitrogens with one attached hydrogen (secondary N) is 1. The molecule has 0 saturated heterocycles. The van der Waals surface area contributed by atoms with Crippen LogP contribution in [-0.4, -0.2) is 18.0 Å². The van der Waals surface area contributed by atoms with Gasteiger partial charge in [-0.05, 0) is 43.1 Å². The normalized spacial score (nSPS) is 26.5. The molecule has 0 heterocycles. The number of halogens is 1. The molecule has 0 aromatic heterocycles. The van der Waals surface area contributed by atoms with Crippen molar-refractivity contribution in [2.75, 3.05) is 0 Å². The van der Waals surface area contributed by atoms with Gasteiger partial charge in [0.15, 0.2) is 0 Å². The molecule has 0 bridgehead atoms. The summed E-state index contributed by atoms with van der Waals surface area (Å²) in [6, 6.07) is 9.79. The number of hydrogen-bond donors (Lipinski definition) is 2. The lowest BCUT2D eigenvalue weighted by atomic mass is 9.80. The molecule has 2 rings (SSSR count). The first-order chi connectivity index (χ1) is 9.54. The first-order valence-corrected chi connectivity index (χ1v) is 7.64. The largest absolute Gasteiger partial charge is 0.352 e. The van der Waals surface area contributed by atoms with Crippen molar-refractivity contribution < 1.29 is 4.79 Å². The molecule has 1 aliphatic carbocycles. The molecule has 118 valence electrons. The van der Waals surface area contributed by atoms with Crippen LogP contribution in [0.15, 0.2) is 30.3 Å². The quantitative estimate of drug-likeness (QED) is 0.898. The van der Waals surface area contributed by atoms with Crippen LogP contribution in [0.5, 0.6) is 0 Å². The topological polar surface area (TPSA) is 55.1 Å². The van der Waals surface area contributed by atoms with Gasteiger partial charge in [-0.3, -0.25) is 4.79 Å². The van der Waals surface area contributed by atoms with Crippen molar-refractivity contribution in [1.82, 2.24) is 5.32 Å². The van der Waals surface area contributed by atoms with Crippen molar-refractivity contribution in [3.8, 4) is 0 Å². The van der Waals surface area contributed by atoms with Crippen molar-refractivity contribution >= 4 is 18.3 Å². The standard InChI is InChI=1S/C17H26N2O.ClH/c1-12-8-13(2)10-15(9-12)19-17(20)16(18)11-14-6-4-3-5-7-14;/h3-7,12-13,15-16H,8-11,18H2,1-2H3,(H,19,20);1H/t12?,13?,15?,16-;/m0./s1. The summed E-state index contributed by atoms with van der Waals surface area (Å²) in [5.74, 6) is 1.36. The molecule has 0 spiro atoms. The first-order valence-electron chi connectivity index (χ1n) is 7.64. The van der Waals surface area contributed by atoms with E-state index in [4.69, 9.17) is 5.73 Å². The summed E-state index contributed by atoms with van der Waals surface area (Å²) in [7, 11) is 0. The summed E-state index contributed by atoms with van der Waals surface area (Å²) in [6.07, 6.45) is 4.02. The summed E-state index contributed by atoms with van der Waals surface area (Å²) in [4.78, 5) is 12.2. The van der Waals surface area contributed by atoms with E-state index in [0.717, 1.165) is 18.4 Å². The molecule has 3 atom stereocenters. The highest BCUT2D eigenvalue weighted by Gasteiger charge is 2.26. The molecule has 1 aliphatic rings. The average molecular weight is 311 g/mol. The zero-order valence-corrected chi connectivity index (χ0v) is 13.7. The predicted octanol–water partition coefficient (Wildman–Crippen LogP) is 2.92. The summed E-state index contributed by atoms with van der Waals surface area (Å²) >= 11 is 0. The lowest BCUT2D eigenvalue weighted by Gasteiger charge is -2.32. The highest BCUT2D eigenvalue weighted by atomic mass is 35.5. The maximum atomic E-state index is 12.2. The number of amides is 1. The van der Waals surface area contributed by atoms with Gasteiger partial charge in [0.1, 0.15) is 0 Å². The first kappa shape index (κ1) is 18.0. The Morgan fingerprint density at radius 2 is 1.76 bits per heavy atom. The number of hydrogen-bond acceptors (Lipinski definition) is 2. The van der Waals surface area contributed by atoms with Crippen molar-refractivity contribution in [2.45, 2.75) is 51.6 Å². The van der Waals surface area contributed by atoms with Crippen molar-refractivity contribution in [3.05, 3.63) is 35.9 Å². The second-order valence-electron chi connectivity index (χ2n) is 6.42. The van der Waals surface area contributed by atoms with E-state index >= 15 is 0 Å². The summed E-state index contributed by atoms with van der Waals surface area (Å²) in [5, 5.41) is 3.14. The van der Waals surface area contributed by atoms with E-state index in [1.807, 2.05) is 30.3 Å². The van der Waals surface area contributed by atoms with E-state index in [1.54, 1.807) is 0 Å². The van der Waals surface area contributed by atoms with E-state index in [0.29, 0.717) is 24.3 Å². The number of benzene rings is 1. The summed E-state index contributed by atoms with van der Waals surface area (Å²) < 4.78 is 0. The van der Waals surface area contributed by atoms with Gasteiger partial charge in [-0.25, -0.2) is 0 Å². The Labute approximate surface area is 134 Å². The molecule has 2 unspecified atom stereocenters. The minimum Gasteiger partial charge on any atom is -0.352 e. The molecule has 0 radical (unpaired) electrons. The molecule has 3 N–H and O–H groups in total. The van der Waals surface area contributed by atoms with E-state index in [2.05, 4.69) is 19.2 Å². The molecule has 1 fully saturated rings. The maximum absolute atomic E-state index is 12.2. The van der Waals surface area contributed by atoms with Gasteiger partial charge in [0.25, 0.3) is 0 Å². The van der Waals surface area contributed by atoms with Gasteiger partial charge in [-0.1, -0.05) is 44.2 Å². The van der Waals surface area contributed by atoms with Gasteiger partial charge in [0, 0.05) is 6.04 Å². The Morgan fingerprint density at radius 1 is 1.19 bits per heavy atom. The summed E-state index contributed by atoms with van der Waals surface area (Å²) in [6.45, 7) is 4.53. The molecular formula is C17H27ClN2O. The SMILES string of the molecule is CC1CC(C)CC(NC(=O)[C@@H](N)Cc2ccccc2)C1.Cl. The van der Waals surface area contributed by atoms with Crippen LogP contribution in [0.2, 0.25) is 0 Å². The molecule has 1 amide bonds. The van der Waals surface area contributed by atoms with Gasteiger partial charge < -0.3 is 11.1 Å².